The Kier molecular flexibility index (Phi) is 6.42. The van der Waals surface area contributed by atoms with Crippen molar-refractivity contribution in [2.24, 2.45) is 5.92 Å². The van der Waals surface area contributed by atoms with Gasteiger partial charge in [-0.3, -0.25) is 9.59 Å². The molecule has 1 N–H and O–H groups in total. The van der Waals surface area contributed by atoms with Gasteiger partial charge in [-0.25, -0.2) is 0 Å². The zero-order valence-electron chi connectivity index (χ0n) is 17.4. The van der Waals surface area contributed by atoms with Crippen LogP contribution in [0.3, 0.4) is 0 Å². The van der Waals surface area contributed by atoms with E-state index in [4.69, 9.17) is 9.47 Å². The number of amides is 2. The van der Waals surface area contributed by atoms with Crippen molar-refractivity contribution in [3.05, 3.63) is 48.0 Å². The number of carbonyl (C=O) groups is 2. The number of benzene rings is 2. The summed E-state index contributed by atoms with van der Waals surface area (Å²) in [6.45, 7) is 8.48. The fourth-order valence-electron chi connectivity index (χ4n) is 3.24. The van der Waals surface area contributed by atoms with E-state index < -0.39 is 6.10 Å². The minimum Gasteiger partial charge on any atom is -0.484 e. The monoisotopic (exact) mass is 396 g/mol. The summed E-state index contributed by atoms with van der Waals surface area (Å²) in [7, 11) is 0. The Morgan fingerprint density at radius 2 is 2.03 bits per heavy atom. The van der Waals surface area contributed by atoms with Gasteiger partial charge in [-0.05, 0) is 49.1 Å². The maximum Gasteiger partial charge on any atom is 0.267 e. The number of nitrogens with zero attached hydrogens (tertiary/aromatic N) is 1. The van der Waals surface area contributed by atoms with E-state index in [0.717, 1.165) is 17.7 Å². The summed E-state index contributed by atoms with van der Waals surface area (Å²) in [6.07, 6.45) is 0.356. The van der Waals surface area contributed by atoms with Crippen LogP contribution in [0.2, 0.25) is 0 Å². The summed E-state index contributed by atoms with van der Waals surface area (Å²) in [5, 5.41) is 2.83. The lowest BCUT2D eigenvalue weighted by molar-refractivity contribution is -0.125. The Morgan fingerprint density at radius 3 is 2.76 bits per heavy atom. The van der Waals surface area contributed by atoms with Gasteiger partial charge in [0.2, 0.25) is 0 Å². The normalized spacial score (nSPS) is 15.7. The highest BCUT2D eigenvalue weighted by molar-refractivity contribution is 6.00. The Balaban J connectivity index is 1.67. The molecule has 0 bridgehead atoms. The van der Waals surface area contributed by atoms with Crippen molar-refractivity contribution in [1.82, 2.24) is 0 Å². The summed E-state index contributed by atoms with van der Waals surface area (Å²) in [4.78, 5) is 26.5. The van der Waals surface area contributed by atoms with Gasteiger partial charge < -0.3 is 19.7 Å². The third-order valence-electron chi connectivity index (χ3n) is 4.68. The average molecular weight is 396 g/mol. The van der Waals surface area contributed by atoms with Crippen LogP contribution in [-0.2, 0) is 16.0 Å². The second kappa shape index (κ2) is 8.99. The molecular weight excluding hydrogens is 368 g/mol. The Bertz CT molecular complexity index is 894. The molecule has 1 atom stereocenters. The fraction of sp³-hybridized carbons (Fsp3) is 0.391. The van der Waals surface area contributed by atoms with E-state index in [2.05, 4.69) is 26.1 Å². The van der Waals surface area contributed by atoms with Gasteiger partial charge >= 0.3 is 0 Å². The molecule has 0 spiro atoms. The van der Waals surface area contributed by atoms with Crippen LogP contribution in [-0.4, -0.2) is 31.1 Å². The number of carbonyl (C=O) groups excluding carboxylic acids is 2. The van der Waals surface area contributed by atoms with Crippen molar-refractivity contribution in [1.29, 1.82) is 0 Å². The number of hydrogen-bond donors (Lipinski definition) is 1. The molecule has 6 nitrogen and oxygen atoms in total. The Labute approximate surface area is 171 Å². The molecule has 1 unspecified atom stereocenters. The van der Waals surface area contributed by atoms with Crippen molar-refractivity contribution >= 4 is 23.2 Å². The lowest BCUT2D eigenvalue weighted by Crippen LogP contribution is -2.46. The van der Waals surface area contributed by atoms with Crippen molar-refractivity contribution in [3.63, 3.8) is 0 Å². The second-order valence-electron chi connectivity index (χ2n) is 7.62. The van der Waals surface area contributed by atoms with Crippen LogP contribution in [0.25, 0.3) is 0 Å². The lowest BCUT2D eigenvalue weighted by atomic mass is 10.1. The van der Waals surface area contributed by atoms with Crippen LogP contribution < -0.4 is 19.7 Å². The van der Waals surface area contributed by atoms with E-state index in [9.17, 15) is 9.59 Å². The van der Waals surface area contributed by atoms with Crippen LogP contribution in [0.4, 0.5) is 11.4 Å². The first-order chi connectivity index (χ1) is 13.9. The molecule has 1 heterocycles. The number of rotatable bonds is 7. The quantitative estimate of drug-likeness (QED) is 0.767. The minimum atomic E-state index is -0.554. The van der Waals surface area contributed by atoms with Crippen molar-refractivity contribution in [3.8, 4) is 11.5 Å². The molecule has 0 saturated carbocycles. The van der Waals surface area contributed by atoms with E-state index >= 15 is 0 Å². The largest absolute Gasteiger partial charge is 0.484 e. The van der Waals surface area contributed by atoms with Crippen molar-refractivity contribution < 1.29 is 19.1 Å². The second-order valence-corrected chi connectivity index (χ2v) is 7.62. The lowest BCUT2D eigenvalue weighted by Gasteiger charge is -2.34. The van der Waals surface area contributed by atoms with E-state index in [1.54, 1.807) is 24.0 Å². The van der Waals surface area contributed by atoms with Gasteiger partial charge in [-0.15, -0.1) is 0 Å². The summed E-state index contributed by atoms with van der Waals surface area (Å²) in [6, 6.07) is 13.0. The van der Waals surface area contributed by atoms with Crippen LogP contribution in [0, 0.1) is 5.92 Å². The molecule has 0 aliphatic carbocycles. The molecule has 2 aromatic carbocycles. The highest BCUT2D eigenvalue weighted by atomic mass is 16.5. The van der Waals surface area contributed by atoms with Crippen molar-refractivity contribution in [2.75, 3.05) is 23.4 Å². The number of fused-ring (bicyclic) bond motifs is 1. The number of aryl methyl sites for hydroxylation is 1. The third kappa shape index (κ3) is 5.08. The third-order valence-corrected chi connectivity index (χ3v) is 4.68. The number of hydrogen-bond acceptors (Lipinski definition) is 4. The van der Waals surface area contributed by atoms with Crippen LogP contribution in [0.5, 0.6) is 11.5 Å². The van der Waals surface area contributed by atoms with E-state index in [1.807, 2.05) is 30.3 Å². The minimum absolute atomic E-state index is 0.0503. The predicted octanol–water partition coefficient (Wildman–Crippen LogP) is 4.04. The van der Waals surface area contributed by atoms with E-state index in [0.29, 0.717) is 29.6 Å². The molecule has 0 saturated heterocycles. The Morgan fingerprint density at radius 1 is 1.24 bits per heavy atom. The first-order valence-electron chi connectivity index (χ1n) is 10.0. The van der Waals surface area contributed by atoms with Crippen LogP contribution in [0.1, 0.15) is 33.3 Å². The van der Waals surface area contributed by atoms with Gasteiger partial charge in [0.05, 0.1) is 5.69 Å². The molecule has 0 fully saturated rings. The molecular formula is C23H28N2O4. The number of nitrogens with one attached hydrogen (secondary N) is 1. The molecule has 2 aromatic rings. The van der Waals surface area contributed by atoms with Gasteiger partial charge in [0, 0.05) is 18.3 Å². The molecule has 1 aliphatic heterocycles. The van der Waals surface area contributed by atoms with Gasteiger partial charge in [0.1, 0.15) is 11.5 Å². The van der Waals surface area contributed by atoms with Crippen LogP contribution >= 0.6 is 0 Å². The summed E-state index contributed by atoms with van der Waals surface area (Å²) in [5.74, 6) is 1.29. The molecule has 2 amide bonds. The Hall–Kier alpha value is -3.02. The molecule has 1 aliphatic rings. The highest BCUT2D eigenvalue weighted by Gasteiger charge is 2.31. The van der Waals surface area contributed by atoms with Gasteiger partial charge in [0.25, 0.3) is 11.8 Å². The van der Waals surface area contributed by atoms with Crippen molar-refractivity contribution in [2.45, 2.75) is 40.2 Å². The zero-order chi connectivity index (χ0) is 21.0. The maximum atomic E-state index is 12.5. The first kappa shape index (κ1) is 20.7. The number of ether oxygens (including phenoxy) is 2. The first-order valence-corrected chi connectivity index (χ1v) is 10.0. The number of anilines is 2. The van der Waals surface area contributed by atoms with Gasteiger partial charge in [0.15, 0.2) is 12.7 Å². The molecule has 6 heteroatoms. The molecule has 3 rings (SSSR count). The summed E-state index contributed by atoms with van der Waals surface area (Å²) >= 11 is 0. The fourth-order valence-corrected chi connectivity index (χ4v) is 3.24. The molecule has 29 heavy (non-hydrogen) atoms. The van der Waals surface area contributed by atoms with Gasteiger partial charge in [-0.1, -0.05) is 32.9 Å². The predicted molar refractivity (Wildman–Crippen MR) is 114 cm³/mol. The van der Waals surface area contributed by atoms with E-state index in [1.165, 1.54) is 0 Å². The summed E-state index contributed by atoms with van der Waals surface area (Å²) in [5.41, 5.74) is 2.49. The molecule has 154 valence electrons. The van der Waals surface area contributed by atoms with Gasteiger partial charge in [-0.2, -0.15) is 0 Å². The van der Waals surface area contributed by atoms with E-state index in [-0.39, 0.29) is 18.4 Å². The highest BCUT2D eigenvalue weighted by Crippen LogP contribution is 2.36. The summed E-state index contributed by atoms with van der Waals surface area (Å²) < 4.78 is 11.4. The average Bonchev–Trinajstić information content (AvgIpc) is 2.69. The van der Waals surface area contributed by atoms with Crippen LogP contribution in [0.15, 0.2) is 42.5 Å². The topological polar surface area (TPSA) is 67.9 Å². The SMILES string of the molecule is CCc1cccc(OCC(=O)Nc2ccc3c(c2)OC(C)C(=O)N3CC(C)C)c1. The molecule has 0 aromatic heterocycles. The molecule has 0 radical (unpaired) electrons. The standard InChI is InChI=1S/C23H28N2O4/c1-5-17-7-6-8-19(11-17)28-14-22(26)24-18-9-10-20-21(12-18)29-16(4)23(27)25(20)13-15(2)3/h6-12,15-16H,5,13-14H2,1-4H3,(H,24,26). The zero-order valence-corrected chi connectivity index (χ0v) is 17.4. The maximum absolute atomic E-state index is 12.5. The smallest absolute Gasteiger partial charge is 0.267 e.